The number of rotatable bonds is 3. The van der Waals surface area contributed by atoms with Crippen LogP contribution in [0.15, 0.2) is 48.5 Å². The van der Waals surface area contributed by atoms with Crippen LogP contribution >= 0.6 is 22.6 Å². The highest BCUT2D eigenvalue weighted by molar-refractivity contribution is 14.1. The van der Waals surface area contributed by atoms with E-state index in [1.165, 1.54) is 9.13 Å². The number of fused-ring (bicyclic) bond motifs is 1. The van der Waals surface area contributed by atoms with Gasteiger partial charge in [0.2, 0.25) is 5.91 Å². The summed E-state index contributed by atoms with van der Waals surface area (Å²) in [5.74, 6) is 0.119. The van der Waals surface area contributed by atoms with Crippen LogP contribution in [0.4, 0.5) is 11.4 Å². The Morgan fingerprint density at radius 1 is 1.15 bits per heavy atom. The van der Waals surface area contributed by atoms with E-state index in [0.29, 0.717) is 6.54 Å². The third kappa shape index (κ3) is 2.80. The highest BCUT2D eigenvalue weighted by Gasteiger charge is 2.23. The first-order valence-electron chi connectivity index (χ1n) is 6.62. The molecule has 1 N–H and O–H groups in total. The van der Waals surface area contributed by atoms with Crippen molar-refractivity contribution in [1.82, 2.24) is 0 Å². The van der Waals surface area contributed by atoms with E-state index in [4.69, 9.17) is 0 Å². The average Bonchev–Trinajstić information content (AvgIpc) is 2.90. The summed E-state index contributed by atoms with van der Waals surface area (Å²) in [7, 11) is 0. The molecule has 3 rings (SSSR count). The summed E-state index contributed by atoms with van der Waals surface area (Å²) in [6.45, 7) is 1.11. The van der Waals surface area contributed by atoms with Crippen LogP contribution in [-0.4, -0.2) is 19.0 Å². The van der Waals surface area contributed by atoms with E-state index < -0.39 is 0 Å². The Hall–Kier alpha value is -1.56. The van der Waals surface area contributed by atoms with E-state index in [1.807, 2.05) is 47.4 Å². The number of carbonyl (C=O) groups is 1. The summed E-state index contributed by atoms with van der Waals surface area (Å²) in [6.07, 6.45) is 0.950. The number of nitrogens with one attached hydrogen (secondary N) is 1. The third-order valence-corrected chi connectivity index (χ3v) is 4.20. The molecule has 2 aromatic rings. The lowest BCUT2D eigenvalue weighted by Gasteiger charge is -2.18. The second kappa shape index (κ2) is 5.83. The molecule has 0 aromatic heterocycles. The molecule has 0 unspecified atom stereocenters. The van der Waals surface area contributed by atoms with Gasteiger partial charge in [-0.3, -0.25) is 4.79 Å². The van der Waals surface area contributed by atoms with E-state index in [0.717, 1.165) is 24.3 Å². The van der Waals surface area contributed by atoms with Crippen molar-refractivity contribution in [2.75, 3.05) is 23.3 Å². The number of carbonyl (C=O) groups excluding carboxylic acids is 1. The van der Waals surface area contributed by atoms with Crippen LogP contribution in [0.2, 0.25) is 0 Å². The van der Waals surface area contributed by atoms with Gasteiger partial charge >= 0.3 is 0 Å². The minimum atomic E-state index is 0.119. The first-order valence-corrected chi connectivity index (χ1v) is 7.69. The quantitative estimate of drug-likeness (QED) is 0.832. The summed E-state index contributed by atoms with van der Waals surface area (Å²) < 4.78 is 1.19. The lowest BCUT2D eigenvalue weighted by Crippen LogP contribution is -2.34. The topological polar surface area (TPSA) is 32.3 Å². The van der Waals surface area contributed by atoms with Gasteiger partial charge in [-0.2, -0.15) is 0 Å². The van der Waals surface area contributed by atoms with E-state index in [1.54, 1.807) is 0 Å². The summed E-state index contributed by atoms with van der Waals surface area (Å²) in [5.41, 5.74) is 3.29. The van der Waals surface area contributed by atoms with Crippen LogP contribution in [0.25, 0.3) is 0 Å². The number of halogens is 1. The molecule has 2 aromatic carbocycles. The molecule has 20 heavy (non-hydrogen) atoms. The molecule has 0 aliphatic carbocycles. The van der Waals surface area contributed by atoms with Gasteiger partial charge in [-0.15, -0.1) is 0 Å². The molecule has 0 fully saturated rings. The average molecular weight is 378 g/mol. The number of hydrogen-bond donors (Lipinski definition) is 1. The minimum absolute atomic E-state index is 0.119. The Bertz CT molecular complexity index is 625. The lowest BCUT2D eigenvalue weighted by atomic mass is 10.2. The molecule has 4 heteroatoms. The van der Waals surface area contributed by atoms with Crippen molar-refractivity contribution in [2.24, 2.45) is 0 Å². The van der Waals surface area contributed by atoms with Crippen LogP contribution in [0.5, 0.6) is 0 Å². The van der Waals surface area contributed by atoms with E-state index >= 15 is 0 Å². The first-order chi connectivity index (χ1) is 9.74. The monoisotopic (exact) mass is 378 g/mol. The maximum Gasteiger partial charge on any atom is 0.246 e. The summed E-state index contributed by atoms with van der Waals surface area (Å²) in [5, 5.41) is 3.18. The van der Waals surface area contributed by atoms with Gasteiger partial charge in [0.05, 0.1) is 6.54 Å². The van der Waals surface area contributed by atoms with Crippen molar-refractivity contribution in [1.29, 1.82) is 0 Å². The molecule has 3 nitrogen and oxygen atoms in total. The van der Waals surface area contributed by atoms with Gasteiger partial charge in [0.25, 0.3) is 0 Å². The van der Waals surface area contributed by atoms with Gasteiger partial charge in [-0.1, -0.05) is 18.2 Å². The van der Waals surface area contributed by atoms with E-state index in [2.05, 4.69) is 34.0 Å². The number of anilines is 2. The molecule has 0 saturated heterocycles. The van der Waals surface area contributed by atoms with Gasteiger partial charge in [-0.25, -0.2) is 0 Å². The number of hydrogen-bond acceptors (Lipinski definition) is 2. The van der Waals surface area contributed by atoms with Crippen LogP contribution in [0.3, 0.4) is 0 Å². The van der Waals surface area contributed by atoms with E-state index in [-0.39, 0.29) is 5.91 Å². The van der Waals surface area contributed by atoms with Gasteiger partial charge in [0, 0.05) is 21.5 Å². The molecular formula is C16H15IN2O. The lowest BCUT2D eigenvalue weighted by molar-refractivity contribution is -0.116. The molecule has 1 aliphatic rings. The van der Waals surface area contributed by atoms with Crippen molar-refractivity contribution < 1.29 is 4.79 Å². The molecule has 0 saturated carbocycles. The van der Waals surface area contributed by atoms with Gasteiger partial charge in [0.1, 0.15) is 0 Å². The largest absolute Gasteiger partial charge is 0.376 e. The highest BCUT2D eigenvalue weighted by Crippen LogP contribution is 2.27. The molecule has 0 atom stereocenters. The SMILES string of the molecule is O=C(CNc1ccc(I)cc1)N1CCc2ccccc21. The van der Waals surface area contributed by atoms with Gasteiger partial charge in [-0.05, 0) is 64.9 Å². The Labute approximate surface area is 132 Å². The predicted octanol–water partition coefficient (Wildman–Crippen LogP) is 3.29. The second-order valence-electron chi connectivity index (χ2n) is 4.78. The third-order valence-electron chi connectivity index (χ3n) is 3.48. The van der Waals surface area contributed by atoms with E-state index in [9.17, 15) is 4.79 Å². The first kappa shape index (κ1) is 13.4. The fraction of sp³-hybridized carbons (Fsp3) is 0.188. The maximum atomic E-state index is 12.3. The van der Waals surface area contributed by atoms with Crippen LogP contribution in [0.1, 0.15) is 5.56 Å². The minimum Gasteiger partial charge on any atom is -0.376 e. The van der Waals surface area contributed by atoms with Crippen molar-refractivity contribution in [3.63, 3.8) is 0 Å². The van der Waals surface area contributed by atoms with Gasteiger partial charge in [0.15, 0.2) is 0 Å². The zero-order valence-corrected chi connectivity index (χ0v) is 13.1. The number of amides is 1. The molecular weight excluding hydrogens is 363 g/mol. The maximum absolute atomic E-state index is 12.3. The Kier molecular flexibility index (Phi) is 3.91. The molecule has 0 bridgehead atoms. The zero-order chi connectivity index (χ0) is 13.9. The summed E-state index contributed by atoms with van der Waals surface area (Å²) in [6, 6.07) is 16.2. The van der Waals surface area contributed by atoms with Crippen LogP contribution in [0, 0.1) is 3.57 Å². The fourth-order valence-electron chi connectivity index (χ4n) is 2.44. The smallest absolute Gasteiger partial charge is 0.246 e. The molecule has 0 radical (unpaired) electrons. The van der Waals surface area contributed by atoms with Crippen molar-refractivity contribution >= 4 is 39.9 Å². The number of para-hydroxylation sites is 1. The van der Waals surface area contributed by atoms with Crippen molar-refractivity contribution in [3.8, 4) is 0 Å². The van der Waals surface area contributed by atoms with Gasteiger partial charge < -0.3 is 10.2 Å². The number of benzene rings is 2. The molecule has 0 spiro atoms. The highest BCUT2D eigenvalue weighted by atomic mass is 127. The Morgan fingerprint density at radius 3 is 2.70 bits per heavy atom. The number of nitrogens with zero attached hydrogens (tertiary/aromatic N) is 1. The summed E-state index contributed by atoms with van der Waals surface area (Å²) >= 11 is 2.27. The Morgan fingerprint density at radius 2 is 1.90 bits per heavy atom. The molecule has 1 amide bonds. The normalized spacial score (nSPS) is 13.2. The molecule has 1 aliphatic heterocycles. The summed E-state index contributed by atoms with van der Waals surface area (Å²) in [4.78, 5) is 14.2. The molecule has 102 valence electrons. The molecule has 1 heterocycles. The van der Waals surface area contributed by atoms with Crippen LogP contribution in [-0.2, 0) is 11.2 Å². The zero-order valence-electron chi connectivity index (χ0n) is 11.0. The fourth-order valence-corrected chi connectivity index (χ4v) is 2.80. The Balaban J connectivity index is 1.65. The predicted molar refractivity (Wildman–Crippen MR) is 90.1 cm³/mol. The van der Waals surface area contributed by atoms with Crippen molar-refractivity contribution in [3.05, 3.63) is 57.7 Å². The second-order valence-corrected chi connectivity index (χ2v) is 6.03. The van der Waals surface area contributed by atoms with Crippen LogP contribution < -0.4 is 10.2 Å². The standard InChI is InChI=1S/C16H15IN2O/c17-13-5-7-14(8-6-13)18-11-16(20)19-10-9-12-3-1-2-4-15(12)19/h1-8,18H,9-11H2. The van der Waals surface area contributed by atoms with Crippen molar-refractivity contribution in [2.45, 2.75) is 6.42 Å².